The number of rotatable bonds is 9. The topological polar surface area (TPSA) is 77.8 Å². The molecule has 0 spiro atoms. The molecule has 2 unspecified atom stereocenters. The Labute approximate surface area is 173 Å². The molecule has 0 aliphatic carbocycles. The number of ether oxygens (including phenoxy) is 2. The zero-order valence-electron chi connectivity index (χ0n) is 16.4. The van der Waals surface area contributed by atoms with Crippen molar-refractivity contribution in [2.24, 2.45) is 0 Å². The minimum Gasteiger partial charge on any atom is -0.490 e. The van der Waals surface area contributed by atoms with Crippen LogP contribution in [0, 0.1) is 5.82 Å². The van der Waals surface area contributed by atoms with E-state index in [4.69, 9.17) is 13.9 Å². The molecule has 1 amide bonds. The van der Waals surface area contributed by atoms with Crippen molar-refractivity contribution in [3.8, 4) is 5.75 Å². The van der Waals surface area contributed by atoms with Crippen LogP contribution >= 0.6 is 0 Å². The first kappa shape index (κ1) is 21.1. The predicted octanol–water partition coefficient (Wildman–Crippen LogP) is 3.77. The number of benzene rings is 2. The van der Waals surface area contributed by atoms with Crippen LogP contribution in [0.4, 0.5) is 4.39 Å². The third-order valence-electron chi connectivity index (χ3n) is 4.22. The summed E-state index contributed by atoms with van der Waals surface area (Å²) in [5.74, 6) is -1.09. The number of halogens is 1. The summed E-state index contributed by atoms with van der Waals surface area (Å²) in [4.78, 5) is 25.1. The fourth-order valence-corrected chi connectivity index (χ4v) is 2.77. The Morgan fingerprint density at radius 3 is 2.57 bits per heavy atom. The number of carbonyl (C=O) groups is 2. The molecule has 2 atom stereocenters. The van der Waals surface area contributed by atoms with E-state index in [2.05, 4.69) is 5.32 Å². The number of hydrogen-bond donors (Lipinski definition) is 1. The highest BCUT2D eigenvalue weighted by Gasteiger charge is 2.26. The maximum Gasteiger partial charge on any atom is 0.329 e. The monoisotopic (exact) mass is 411 g/mol. The summed E-state index contributed by atoms with van der Waals surface area (Å²) in [6.45, 7) is 1.70. The first-order valence-electron chi connectivity index (χ1n) is 9.48. The summed E-state index contributed by atoms with van der Waals surface area (Å²) < 4.78 is 29.2. The van der Waals surface area contributed by atoms with Gasteiger partial charge in [0.15, 0.2) is 5.76 Å². The Hall–Kier alpha value is -3.61. The van der Waals surface area contributed by atoms with Crippen LogP contribution in [0.5, 0.6) is 5.75 Å². The van der Waals surface area contributed by atoms with E-state index in [1.54, 1.807) is 19.1 Å². The van der Waals surface area contributed by atoms with Gasteiger partial charge < -0.3 is 19.2 Å². The van der Waals surface area contributed by atoms with Crippen LogP contribution in [0.15, 0.2) is 77.4 Å². The second kappa shape index (κ2) is 10.2. The molecule has 0 saturated carbocycles. The molecule has 0 bridgehead atoms. The number of esters is 1. The Morgan fingerprint density at radius 2 is 1.87 bits per heavy atom. The zero-order valence-corrected chi connectivity index (χ0v) is 16.4. The van der Waals surface area contributed by atoms with Crippen molar-refractivity contribution >= 4 is 11.9 Å². The van der Waals surface area contributed by atoms with E-state index >= 15 is 0 Å². The SMILES string of the molecule is CC(COc1cccc(F)c1)OC(=O)C(Cc1ccccc1)NC(=O)c1ccco1. The van der Waals surface area contributed by atoms with E-state index in [0.29, 0.717) is 5.75 Å². The van der Waals surface area contributed by atoms with Gasteiger partial charge in [0.1, 0.15) is 30.3 Å². The molecule has 1 aromatic heterocycles. The van der Waals surface area contributed by atoms with Gasteiger partial charge in [0.2, 0.25) is 0 Å². The van der Waals surface area contributed by atoms with E-state index in [9.17, 15) is 14.0 Å². The molecular formula is C23H22FNO5. The predicted molar refractivity (Wildman–Crippen MR) is 108 cm³/mol. The molecule has 1 N–H and O–H groups in total. The van der Waals surface area contributed by atoms with Gasteiger partial charge in [-0.15, -0.1) is 0 Å². The lowest BCUT2D eigenvalue weighted by Gasteiger charge is -2.20. The Kier molecular flexibility index (Phi) is 7.21. The van der Waals surface area contributed by atoms with Crippen molar-refractivity contribution in [1.82, 2.24) is 5.32 Å². The third kappa shape index (κ3) is 6.20. The number of hydrogen-bond acceptors (Lipinski definition) is 5. The molecule has 0 radical (unpaired) electrons. The lowest BCUT2D eigenvalue weighted by molar-refractivity contribution is -0.151. The second-order valence-corrected chi connectivity index (χ2v) is 6.71. The largest absolute Gasteiger partial charge is 0.490 e. The summed E-state index contributed by atoms with van der Waals surface area (Å²) in [7, 11) is 0. The van der Waals surface area contributed by atoms with Crippen molar-refractivity contribution in [2.75, 3.05) is 6.61 Å². The van der Waals surface area contributed by atoms with Crippen molar-refractivity contribution < 1.29 is 27.9 Å². The summed E-state index contributed by atoms with van der Waals surface area (Å²) in [6, 6.07) is 17.2. The number of nitrogens with one attached hydrogen (secondary N) is 1. The van der Waals surface area contributed by atoms with Gasteiger partial charge in [-0.1, -0.05) is 36.4 Å². The quantitative estimate of drug-likeness (QED) is 0.543. The van der Waals surface area contributed by atoms with Crippen LogP contribution in [0.3, 0.4) is 0 Å². The lowest BCUT2D eigenvalue weighted by Crippen LogP contribution is -2.44. The van der Waals surface area contributed by atoms with Crippen LogP contribution in [0.25, 0.3) is 0 Å². The molecule has 6 nitrogen and oxygen atoms in total. The van der Waals surface area contributed by atoms with Gasteiger partial charge in [0.05, 0.1) is 6.26 Å². The number of furan rings is 1. The number of amides is 1. The van der Waals surface area contributed by atoms with Gasteiger partial charge in [-0.25, -0.2) is 9.18 Å². The van der Waals surface area contributed by atoms with Crippen molar-refractivity contribution in [2.45, 2.75) is 25.5 Å². The van der Waals surface area contributed by atoms with Gasteiger partial charge in [-0.3, -0.25) is 4.79 Å². The summed E-state index contributed by atoms with van der Waals surface area (Å²) in [5.41, 5.74) is 0.864. The fourth-order valence-electron chi connectivity index (χ4n) is 2.77. The molecular weight excluding hydrogens is 389 g/mol. The molecule has 0 aliphatic heterocycles. The van der Waals surface area contributed by atoms with Crippen LogP contribution in [-0.2, 0) is 16.0 Å². The van der Waals surface area contributed by atoms with Crippen molar-refractivity contribution in [3.05, 3.63) is 90.1 Å². The molecule has 0 saturated heterocycles. The minimum absolute atomic E-state index is 0.0411. The van der Waals surface area contributed by atoms with Crippen LogP contribution in [0.1, 0.15) is 23.0 Å². The van der Waals surface area contributed by atoms with E-state index in [1.165, 1.54) is 30.5 Å². The van der Waals surface area contributed by atoms with Crippen LogP contribution < -0.4 is 10.1 Å². The maximum absolute atomic E-state index is 13.2. The normalized spacial score (nSPS) is 12.6. The minimum atomic E-state index is -0.915. The van der Waals surface area contributed by atoms with Crippen molar-refractivity contribution in [1.29, 1.82) is 0 Å². The highest BCUT2D eigenvalue weighted by atomic mass is 19.1. The van der Waals surface area contributed by atoms with E-state index in [0.717, 1.165) is 5.56 Å². The Morgan fingerprint density at radius 1 is 1.07 bits per heavy atom. The standard InChI is InChI=1S/C23H22FNO5/c1-16(15-29-19-10-5-9-18(24)14-19)30-23(27)20(13-17-7-3-2-4-8-17)25-22(26)21-11-6-12-28-21/h2-12,14,16,20H,13,15H2,1H3,(H,25,26). The van der Waals surface area contributed by atoms with Gasteiger partial charge >= 0.3 is 5.97 Å². The molecule has 0 fully saturated rings. The average molecular weight is 411 g/mol. The second-order valence-electron chi connectivity index (χ2n) is 6.71. The molecule has 7 heteroatoms. The van der Waals surface area contributed by atoms with Gasteiger partial charge in [0, 0.05) is 12.5 Å². The molecule has 156 valence electrons. The third-order valence-corrected chi connectivity index (χ3v) is 4.22. The summed E-state index contributed by atoms with van der Waals surface area (Å²) in [5, 5.41) is 2.66. The molecule has 0 aliphatic rings. The van der Waals surface area contributed by atoms with E-state index < -0.39 is 29.8 Å². The summed E-state index contributed by atoms with van der Waals surface area (Å²) in [6.07, 6.45) is 1.02. The van der Waals surface area contributed by atoms with Crippen LogP contribution in [0.2, 0.25) is 0 Å². The maximum atomic E-state index is 13.2. The zero-order chi connectivity index (χ0) is 21.3. The Bertz CT molecular complexity index is 959. The van der Waals surface area contributed by atoms with Crippen molar-refractivity contribution in [3.63, 3.8) is 0 Å². The molecule has 30 heavy (non-hydrogen) atoms. The van der Waals surface area contributed by atoms with Crippen LogP contribution in [-0.4, -0.2) is 30.6 Å². The first-order valence-corrected chi connectivity index (χ1v) is 9.48. The highest BCUT2D eigenvalue weighted by Crippen LogP contribution is 2.13. The molecule has 1 heterocycles. The highest BCUT2D eigenvalue weighted by molar-refractivity contribution is 5.94. The average Bonchev–Trinajstić information content (AvgIpc) is 3.28. The van der Waals surface area contributed by atoms with Gasteiger partial charge in [-0.05, 0) is 36.8 Å². The first-order chi connectivity index (χ1) is 14.5. The van der Waals surface area contributed by atoms with E-state index in [-0.39, 0.29) is 18.8 Å². The number of carbonyl (C=O) groups excluding carboxylic acids is 2. The smallest absolute Gasteiger partial charge is 0.329 e. The molecule has 3 rings (SSSR count). The van der Waals surface area contributed by atoms with E-state index in [1.807, 2.05) is 30.3 Å². The van der Waals surface area contributed by atoms with Gasteiger partial charge in [0.25, 0.3) is 5.91 Å². The molecule has 2 aromatic carbocycles. The van der Waals surface area contributed by atoms with Gasteiger partial charge in [-0.2, -0.15) is 0 Å². The Balaban J connectivity index is 1.62. The fraction of sp³-hybridized carbons (Fsp3) is 0.217. The summed E-state index contributed by atoms with van der Waals surface area (Å²) >= 11 is 0. The molecule has 3 aromatic rings. The lowest BCUT2D eigenvalue weighted by atomic mass is 10.1.